The molecule has 2 aromatic rings. The van der Waals surface area contributed by atoms with E-state index in [-0.39, 0.29) is 0 Å². The molecule has 0 atom stereocenters. The molecule has 5 heteroatoms. The van der Waals surface area contributed by atoms with Crippen molar-refractivity contribution in [3.05, 3.63) is 45.4 Å². The molecule has 0 bridgehead atoms. The van der Waals surface area contributed by atoms with Crippen molar-refractivity contribution in [1.29, 1.82) is 0 Å². The Labute approximate surface area is 98.4 Å². The molecule has 0 radical (unpaired) electrons. The zero-order valence-electron chi connectivity index (χ0n) is 7.19. The Hall–Kier alpha value is -0.680. The number of hydrogen-bond donors (Lipinski definition) is 0. The van der Waals surface area contributed by atoms with E-state index >= 15 is 0 Å². The highest BCUT2D eigenvalue weighted by atomic mass is 79.9. The van der Waals surface area contributed by atoms with E-state index in [2.05, 4.69) is 41.9 Å². The molecule has 0 aliphatic carbocycles. The summed E-state index contributed by atoms with van der Waals surface area (Å²) in [5, 5.41) is 4.23. The van der Waals surface area contributed by atoms with Crippen LogP contribution in [0.1, 0.15) is 5.56 Å². The summed E-state index contributed by atoms with van der Waals surface area (Å²) in [5.74, 6) is 0. The molecule has 0 spiro atoms. The summed E-state index contributed by atoms with van der Waals surface area (Å²) in [7, 11) is 0. The molecule has 0 aromatic carbocycles. The fraction of sp³-hybridized carbons (Fsp3) is 0.111. The molecule has 0 aliphatic rings. The maximum Gasteiger partial charge on any atom is 0.128 e. The number of hydrogen-bond acceptors (Lipinski definition) is 2. The van der Waals surface area contributed by atoms with E-state index in [1.165, 1.54) is 0 Å². The molecule has 14 heavy (non-hydrogen) atoms. The predicted molar refractivity (Wildman–Crippen MR) is 61.0 cm³/mol. The molecule has 0 saturated heterocycles. The van der Waals surface area contributed by atoms with Crippen LogP contribution in [-0.2, 0) is 6.54 Å². The van der Waals surface area contributed by atoms with E-state index in [9.17, 15) is 0 Å². The normalized spacial score (nSPS) is 10.4. The Morgan fingerprint density at radius 3 is 2.79 bits per heavy atom. The van der Waals surface area contributed by atoms with Crippen LogP contribution in [0.4, 0.5) is 0 Å². The van der Waals surface area contributed by atoms with Crippen molar-refractivity contribution >= 4 is 31.9 Å². The topological polar surface area (TPSA) is 30.7 Å². The van der Waals surface area contributed by atoms with E-state index in [0.29, 0.717) is 0 Å². The Morgan fingerprint density at radius 2 is 2.14 bits per heavy atom. The molecular formula is C9H7Br2N3. The molecule has 2 rings (SSSR count). The van der Waals surface area contributed by atoms with Gasteiger partial charge in [-0.3, -0.25) is 9.67 Å². The van der Waals surface area contributed by atoms with Crippen LogP contribution in [0.2, 0.25) is 0 Å². The average Bonchev–Trinajstić information content (AvgIpc) is 2.51. The van der Waals surface area contributed by atoms with Gasteiger partial charge in [0.2, 0.25) is 0 Å². The summed E-state index contributed by atoms with van der Waals surface area (Å²) >= 11 is 6.68. The molecule has 0 saturated carbocycles. The minimum absolute atomic E-state index is 0.734. The number of aromatic nitrogens is 3. The lowest BCUT2D eigenvalue weighted by Gasteiger charge is -2.01. The predicted octanol–water partition coefficient (Wildman–Crippen LogP) is 2.85. The summed E-state index contributed by atoms with van der Waals surface area (Å²) in [6.07, 6.45) is 5.52. The standard InChI is InChI=1S/C9H7Br2N3/c10-8-3-7(4-12-5-8)6-14-2-1-9(11)13-14/h1-5H,6H2. The van der Waals surface area contributed by atoms with Crippen molar-refractivity contribution < 1.29 is 0 Å². The Bertz CT molecular complexity index is 439. The zero-order valence-corrected chi connectivity index (χ0v) is 10.4. The van der Waals surface area contributed by atoms with Gasteiger partial charge in [-0.05, 0) is 49.6 Å². The highest BCUT2D eigenvalue weighted by Crippen LogP contribution is 2.11. The first-order valence-electron chi connectivity index (χ1n) is 4.02. The maximum absolute atomic E-state index is 4.23. The van der Waals surface area contributed by atoms with Crippen molar-refractivity contribution in [2.24, 2.45) is 0 Å². The van der Waals surface area contributed by atoms with Gasteiger partial charge in [0.15, 0.2) is 0 Å². The third kappa shape index (κ3) is 2.42. The van der Waals surface area contributed by atoms with Crippen LogP contribution in [0.15, 0.2) is 39.8 Å². The second kappa shape index (κ2) is 4.23. The van der Waals surface area contributed by atoms with Crippen molar-refractivity contribution in [3.63, 3.8) is 0 Å². The van der Waals surface area contributed by atoms with Crippen LogP contribution >= 0.6 is 31.9 Å². The van der Waals surface area contributed by atoms with Gasteiger partial charge >= 0.3 is 0 Å². The number of pyridine rings is 1. The summed E-state index contributed by atoms with van der Waals surface area (Å²) in [6.45, 7) is 0.734. The number of rotatable bonds is 2. The first-order valence-corrected chi connectivity index (χ1v) is 5.61. The van der Waals surface area contributed by atoms with E-state index in [4.69, 9.17) is 0 Å². The highest BCUT2D eigenvalue weighted by molar-refractivity contribution is 9.10. The Balaban J connectivity index is 2.18. The van der Waals surface area contributed by atoms with Gasteiger partial charge in [0.1, 0.15) is 4.60 Å². The van der Waals surface area contributed by atoms with Crippen molar-refractivity contribution in [2.75, 3.05) is 0 Å². The number of nitrogens with zero attached hydrogens (tertiary/aromatic N) is 3. The molecule has 3 nitrogen and oxygen atoms in total. The van der Waals surface area contributed by atoms with Crippen LogP contribution in [-0.4, -0.2) is 14.8 Å². The molecule has 2 aromatic heterocycles. The van der Waals surface area contributed by atoms with Crippen molar-refractivity contribution in [1.82, 2.24) is 14.8 Å². The van der Waals surface area contributed by atoms with Gasteiger partial charge in [-0.25, -0.2) is 0 Å². The van der Waals surface area contributed by atoms with Gasteiger partial charge in [-0.1, -0.05) is 0 Å². The Morgan fingerprint density at radius 1 is 1.29 bits per heavy atom. The van der Waals surface area contributed by atoms with E-state index in [0.717, 1.165) is 21.2 Å². The molecule has 0 unspecified atom stereocenters. The highest BCUT2D eigenvalue weighted by Gasteiger charge is 1.98. The third-order valence-electron chi connectivity index (χ3n) is 1.71. The Kier molecular flexibility index (Phi) is 2.98. The van der Waals surface area contributed by atoms with Gasteiger partial charge in [0, 0.05) is 23.1 Å². The van der Waals surface area contributed by atoms with E-state index in [1.807, 2.05) is 29.2 Å². The smallest absolute Gasteiger partial charge is 0.128 e. The fourth-order valence-corrected chi connectivity index (χ4v) is 1.89. The van der Waals surface area contributed by atoms with Crippen LogP contribution in [0.3, 0.4) is 0 Å². The van der Waals surface area contributed by atoms with Crippen molar-refractivity contribution in [3.8, 4) is 0 Å². The van der Waals surface area contributed by atoms with Crippen LogP contribution in [0.25, 0.3) is 0 Å². The monoisotopic (exact) mass is 315 g/mol. The van der Waals surface area contributed by atoms with Gasteiger partial charge in [-0.2, -0.15) is 5.10 Å². The van der Waals surface area contributed by atoms with E-state index in [1.54, 1.807) is 6.20 Å². The summed E-state index contributed by atoms with van der Waals surface area (Å²) in [5.41, 5.74) is 1.12. The minimum Gasteiger partial charge on any atom is -0.267 e. The lowest BCUT2D eigenvalue weighted by molar-refractivity contribution is 0.679. The van der Waals surface area contributed by atoms with Crippen LogP contribution in [0, 0.1) is 0 Å². The maximum atomic E-state index is 4.23. The SMILES string of the molecule is Brc1cncc(Cn2ccc(Br)n2)c1. The minimum atomic E-state index is 0.734. The lowest BCUT2D eigenvalue weighted by atomic mass is 10.3. The second-order valence-electron chi connectivity index (χ2n) is 2.85. The molecule has 2 heterocycles. The molecule has 0 amide bonds. The summed E-state index contributed by atoms with van der Waals surface area (Å²) in [6, 6.07) is 3.94. The van der Waals surface area contributed by atoms with Crippen LogP contribution in [0.5, 0.6) is 0 Å². The molecule has 0 N–H and O–H groups in total. The fourth-order valence-electron chi connectivity index (χ4n) is 1.15. The first kappa shape index (κ1) is 9.86. The van der Waals surface area contributed by atoms with Crippen LogP contribution < -0.4 is 0 Å². The average molecular weight is 317 g/mol. The van der Waals surface area contributed by atoms with Gasteiger partial charge < -0.3 is 0 Å². The quantitative estimate of drug-likeness (QED) is 0.853. The second-order valence-corrected chi connectivity index (χ2v) is 4.58. The summed E-state index contributed by atoms with van der Waals surface area (Å²) in [4.78, 5) is 4.09. The number of halogens is 2. The molecular weight excluding hydrogens is 310 g/mol. The first-order chi connectivity index (χ1) is 6.74. The molecule has 0 aliphatic heterocycles. The van der Waals surface area contributed by atoms with Gasteiger partial charge in [0.25, 0.3) is 0 Å². The summed E-state index contributed by atoms with van der Waals surface area (Å²) < 4.78 is 3.69. The van der Waals surface area contributed by atoms with Crippen molar-refractivity contribution in [2.45, 2.75) is 6.54 Å². The molecule has 72 valence electrons. The zero-order chi connectivity index (χ0) is 9.97. The largest absolute Gasteiger partial charge is 0.267 e. The van der Waals surface area contributed by atoms with E-state index < -0.39 is 0 Å². The molecule has 0 fully saturated rings. The van der Waals surface area contributed by atoms with Gasteiger partial charge in [-0.15, -0.1) is 0 Å². The lowest BCUT2D eigenvalue weighted by Crippen LogP contribution is -2.00. The third-order valence-corrected chi connectivity index (χ3v) is 2.57. The van der Waals surface area contributed by atoms with Gasteiger partial charge in [0.05, 0.1) is 6.54 Å².